The number of carboxylic acids is 1. The van der Waals surface area contributed by atoms with Crippen molar-refractivity contribution in [1.82, 2.24) is 20.6 Å². The number of pyridine rings is 1. The maximum Gasteiger partial charge on any atom is 0.304 e. The van der Waals surface area contributed by atoms with E-state index < -0.39 is 18.0 Å². The Morgan fingerprint density at radius 2 is 2.20 bits per heavy atom. The lowest BCUT2D eigenvalue weighted by molar-refractivity contribution is -0.138. The second-order valence-electron chi connectivity index (χ2n) is 8.35. The van der Waals surface area contributed by atoms with Crippen molar-refractivity contribution in [3.63, 3.8) is 0 Å². The summed E-state index contributed by atoms with van der Waals surface area (Å²) in [6.07, 6.45) is 8.63. The van der Waals surface area contributed by atoms with Crippen LogP contribution in [-0.4, -0.2) is 39.1 Å². The Morgan fingerprint density at radius 3 is 2.93 bits per heavy atom. The van der Waals surface area contributed by atoms with E-state index in [1.807, 2.05) is 0 Å². The predicted molar refractivity (Wildman–Crippen MR) is 114 cm³/mol. The van der Waals surface area contributed by atoms with E-state index in [0.29, 0.717) is 22.1 Å². The molecule has 3 heterocycles. The van der Waals surface area contributed by atoms with Crippen LogP contribution in [-0.2, 0) is 4.79 Å². The summed E-state index contributed by atoms with van der Waals surface area (Å²) in [5.74, 6) is -0.914. The molecule has 160 valence electrons. The van der Waals surface area contributed by atoms with Crippen LogP contribution in [0.25, 0.3) is 11.0 Å². The van der Waals surface area contributed by atoms with E-state index in [2.05, 4.69) is 32.5 Å². The van der Waals surface area contributed by atoms with Gasteiger partial charge in [-0.15, -0.1) is 0 Å². The summed E-state index contributed by atoms with van der Waals surface area (Å²) in [5, 5.41) is 17.0. The molecule has 2 unspecified atom stereocenters. The number of rotatable bonds is 6. The van der Waals surface area contributed by atoms with Crippen LogP contribution in [0.15, 0.2) is 35.5 Å². The number of carbonyl (C=O) groups is 1. The molecule has 9 heteroatoms. The van der Waals surface area contributed by atoms with E-state index in [1.165, 1.54) is 6.20 Å². The zero-order chi connectivity index (χ0) is 21.3. The minimum atomic E-state index is -0.897. The molecule has 30 heavy (non-hydrogen) atoms. The molecule has 2 atom stereocenters. The van der Waals surface area contributed by atoms with E-state index in [9.17, 15) is 14.3 Å². The molecule has 2 aliphatic rings. The molecular weight excluding hydrogens is 409 g/mol. The number of aliphatic carboxylic acids is 1. The second kappa shape index (κ2) is 8.35. The van der Waals surface area contributed by atoms with Crippen molar-refractivity contribution in [2.24, 2.45) is 10.4 Å². The lowest BCUT2D eigenvalue weighted by atomic mass is 9.69. The fourth-order valence-electron chi connectivity index (χ4n) is 4.48. The molecule has 0 radical (unpaired) electrons. The highest BCUT2D eigenvalue weighted by atomic mass is 35.5. The van der Waals surface area contributed by atoms with E-state index in [4.69, 9.17) is 11.6 Å². The van der Waals surface area contributed by atoms with Crippen molar-refractivity contribution in [2.75, 3.05) is 0 Å². The van der Waals surface area contributed by atoms with Gasteiger partial charge in [-0.25, -0.2) is 14.4 Å². The lowest BCUT2D eigenvalue weighted by Crippen LogP contribution is -2.56. The van der Waals surface area contributed by atoms with Crippen molar-refractivity contribution < 1.29 is 14.3 Å². The van der Waals surface area contributed by atoms with Crippen molar-refractivity contribution in [3.05, 3.63) is 41.1 Å². The van der Waals surface area contributed by atoms with Crippen LogP contribution in [0.1, 0.15) is 51.0 Å². The Bertz CT molecular complexity index is 1010. The largest absolute Gasteiger partial charge is 0.481 e. The monoisotopic (exact) mass is 433 g/mol. The first-order valence-electron chi connectivity index (χ1n) is 10.2. The van der Waals surface area contributed by atoms with Gasteiger partial charge in [0.2, 0.25) is 0 Å². The van der Waals surface area contributed by atoms with Gasteiger partial charge in [0.15, 0.2) is 5.83 Å². The number of hydrogen-bond acceptors (Lipinski definition) is 5. The third kappa shape index (κ3) is 4.20. The second-order valence-corrected chi connectivity index (χ2v) is 8.79. The Balaban J connectivity index is 1.58. The smallest absolute Gasteiger partial charge is 0.304 e. The number of halogens is 2. The normalized spacial score (nSPS) is 22.2. The minimum Gasteiger partial charge on any atom is -0.481 e. The molecule has 2 aromatic heterocycles. The molecule has 1 aliphatic heterocycles. The number of fused-ring (bicyclic) bond motifs is 1. The quantitative estimate of drug-likeness (QED) is 0.549. The summed E-state index contributed by atoms with van der Waals surface area (Å²) in [5.41, 5.74) is 1.16. The van der Waals surface area contributed by atoms with Crippen LogP contribution in [0.5, 0.6) is 0 Å². The molecule has 0 bridgehead atoms. The van der Waals surface area contributed by atoms with Gasteiger partial charge in [-0.2, -0.15) is 0 Å². The summed E-state index contributed by atoms with van der Waals surface area (Å²) < 4.78 is 14.7. The highest BCUT2D eigenvalue weighted by Gasteiger charge is 2.39. The maximum absolute atomic E-state index is 14.7. The molecular formula is C21H25ClFN5O2. The Morgan fingerprint density at radius 1 is 1.43 bits per heavy atom. The Kier molecular flexibility index (Phi) is 5.79. The van der Waals surface area contributed by atoms with Crippen LogP contribution in [0, 0.1) is 5.41 Å². The van der Waals surface area contributed by atoms with Crippen LogP contribution < -0.4 is 10.6 Å². The fourth-order valence-corrected chi connectivity index (χ4v) is 4.63. The summed E-state index contributed by atoms with van der Waals surface area (Å²) in [7, 11) is 0. The van der Waals surface area contributed by atoms with Gasteiger partial charge in [-0.05, 0) is 24.3 Å². The Labute approximate surface area is 178 Å². The summed E-state index contributed by atoms with van der Waals surface area (Å²) in [6.45, 7) is 2.10. The van der Waals surface area contributed by atoms with Gasteiger partial charge in [0.25, 0.3) is 0 Å². The van der Waals surface area contributed by atoms with Crippen LogP contribution in [0.2, 0.25) is 5.02 Å². The third-order valence-electron chi connectivity index (χ3n) is 6.21. The number of aliphatic imine (C=N–C) groups is 1. The van der Waals surface area contributed by atoms with Gasteiger partial charge in [0.05, 0.1) is 17.6 Å². The van der Waals surface area contributed by atoms with Gasteiger partial charge in [-0.1, -0.05) is 37.8 Å². The fraction of sp³-hybridized carbons (Fsp3) is 0.476. The summed E-state index contributed by atoms with van der Waals surface area (Å²) >= 11 is 6.08. The van der Waals surface area contributed by atoms with Crippen LogP contribution in [0.4, 0.5) is 4.39 Å². The van der Waals surface area contributed by atoms with E-state index in [0.717, 1.165) is 37.5 Å². The van der Waals surface area contributed by atoms with Crippen molar-refractivity contribution in [2.45, 2.75) is 57.7 Å². The first-order chi connectivity index (χ1) is 14.4. The molecule has 2 aromatic rings. The molecule has 4 rings (SSSR count). The summed E-state index contributed by atoms with van der Waals surface area (Å²) in [4.78, 5) is 23.0. The summed E-state index contributed by atoms with van der Waals surface area (Å²) in [6, 6.07) is 1.40. The predicted octanol–water partition coefficient (Wildman–Crippen LogP) is 4.11. The zero-order valence-electron chi connectivity index (χ0n) is 16.7. The molecule has 4 N–H and O–H groups in total. The van der Waals surface area contributed by atoms with E-state index in [1.54, 1.807) is 18.5 Å². The van der Waals surface area contributed by atoms with Crippen molar-refractivity contribution in [1.29, 1.82) is 0 Å². The number of aromatic nitrogens is 2. The van der Waals surface area contributed by atoms with Gasteiger partial charge >= 0.3 is 5.97 Å². The first-order valence-corrected chi connectivity index (χ1v) is 10.5. The Hall–Kier alpha value is -2.45. The number of H-pyrrole nitrogens is 1. The SMILES string of the molecule is CC1(C(CC(=O)O)NC2NC(c3c[nH]c4ncc(Cl)cc34)=NC=C2F)CCCCC1. The molecule has 7 nitrogen and oxygen atoms in total. The number of aromatic amines is 1. The van der Waals surface area contributed by atoms with Gasteiger partial charge in [0.1, 0.15) is 17.6 Å². The molecule has 0 amide bonds. The topological polar surface area (TPSA) is 102 Å². The van der Waals surface area contributed by atoms with Crippen LogP contribution in [0.3, 0.4) is 0 Å². The molecule has 1 fully saturated rings. The minimum absolute atomic E-state index is 0.0684. The van der Waals surface area contributed by atoms with Crippen molar-refractivity contribution in [3.8, 4) is 0 Å². The first kappa shape index (κ1) is 20.8. The third-order valence-corrected chi connectivity index (χ3v) is 6.42. The highest BCUT2D eigenvalue weighted by Crippen LogP contribution is 2.40. The number of carboxylic acid groups (broad SMARTS) is 1. The number of hydrogen-bond donors (Lipinski definition) is 4. The molecule has 0 saturated heterocycles. The van der Waals surface area contributed by atoms with Crippen LogP contribution >= 0.6 is 11.6 Å². The molecule has 1 aliphatic carbocycles. The number of amidine groups is 1. The van der Waals surface area contributed by atoms with Gasteiger partial charge in [0, 0.05) is 29.4 Å². The highest BCUT2D eigenvalue weighted by molar-refractivity contribution is 6.31. The molecule has 0 aromatic carbocycles. The number of nitrogens with zero attached hydrogens (tertiary/aromatic N) is 2. The zero-order valence-corrected chi connectivity index (χ0v) is 17.5. The van der Waals surface area contributed by atoms with E-state index >= 15 is 0 Å². The van der Waals surface area contributed by atoms with Gasteiger partial charge in [-0.3, -0.25) is 10.1 Å². The van der Waals surface area contributed by atoms with Crippen molar-refractivity contribution >= 4 is 34.4 Å². The molecule has 0 spiro atoms. The maximum atomic E-state index is 14.7. The average molecular weight is 434 g/mol. The molecule has 1 saturated carbocycles. The average Bonchev–Trinajstić information content (AvgIpc) is 3.12. The lowest BCUT2D eigenvalue weighted by Gasteiger charge is -2.42. The van der Waals surface area contributed by atoms with E-state index in [-0.39, 0.29) is 17.9 Å². The standard InChI is InChI=1S/C21H25ClFN5O2/c1-21(5-3-2-4-6-21)16(8-17(29)30)27-20-15(23)11-26-19(28-20)14-10-25-18-13(14)7-12(22)9-24-18/h7,9-11,16,20,27H,2-6,8H2,1H3,(H,24,25)(H,26,28)(H,29,30). The van der Waals surface area contributed by atoms with Gasteiger partial charge < -0.3 is 15.4 Å². The number of nitrogens with one attached hydrogen (secondary N) is 3.